The highest BCUT2D eigenvalue weighted by Crippen LogP contribution is 2.33. The average molecular weight is 410 g/mol. The van der Waals surface area contributed by atoms with Gasteiger partial charge in [-0.2, -0.15) is 5.26 Å². The summed E-state index contributed by atoms with van der Waals surface area (Å²) in [5, 5.41) is 9.39. The first kappa shape index (κ1) is 19.7. The van der Waals surface area contributed by atoms with Gasteiger partial charge in [0.25, 0.3) is 5.91 Å². The number of aromatic nitrogens is 1. The van der Waals surface area contributed by atoms with Crippen molar-refractivity contribution in [1.29, 1.82) is 5.26 Å². The molecule has 29 heavy (non-hydrogen) atoms. The lowest BCUT2D eigenvalue weighted by atomic mass is 9.92. The molecule has 0 radical (unpaired) electrons. The molecule has 0 unspecified atom stereocenters. The molecule has 1 saturated carbocycles. The summed E-state index contributed by atoms with van der Waals surface area (Å²) >= 11 is 6.09. The number of amides is 1. The summed E-state index contributed by atoms with van der Waals surface area (Å²) in [5.74, 6) is 1.14. The van der Waals surface area contributed by atoms with E-state index in [2.05, 4.69) is 19.9 Å². The Morgan fingerprint density at radius 2 is 1.97 bits per heavy atom. The Balaban J connectivity index is 1.37. The molecule has 1 aromatic carbocycles. The summed E-state index contributed by atoms with van der Waals surface area (Å²) in [6.07, 6.45) is 3.68. The van der Waals surface area contributed by atoms with Gasteiger partial charge in [-0.25, -0.2) is 0 Å². The molecule has 0 saturated heterocycles. The topological polar surface area (TPSA) is 66.2 Å². The molecule has 2 heterocycles. The standard InChI is InChI=1S/C23H24ClN3O2/c1-14(2)21-10-9-19-22(26-21)13-27(23(19)28)16-4-7-17(8-5-16)29-18-6-3-15(12-25)20(24)11-18/h3,6,9-11,14,16-17H,4-5,7-8,13H2,1-2H3. The second kappa shape index (κ2) is 8.04. The maximum atomic E-state index is 12.9. The van der Waals surface area contributed by atoms with Crippen molar-refractivity contribution in [3.05, 3.63) is 57.9 Å². The Morgan fingerprint density at radius 1 is 1.21 bits per heavy atom. The zero-order chi connectivity index (χ0) is 20.5. The van der Waals surface area contributed by atoms with Crippen LogP contribution < -0.4 is 4.74 Å². The molecule has 1 aliphatic carbocycles. The summed E-state index contributed by atoms with van der Waals surface area (Å²) < 4.78 is 6.07. The number of nitriles is 1. The Morgan fingerprint density at radius 3 is 2.62 bits per heavy atom. The van der Waals surface area contributed by atoms with E-state index in [0.29, 0.717) is 28.8 Å². The number of pyridine rings is 1. The van der Waals surface area contributed by atoms with E-state index in [0.717, 1.165) is 42.6 Å². The first-order valence-corrected chi connectivity index (χ1v) is 10.5. The molecule has 5 nitrogen and oxygen atoms in total. The highest BCUT2D eigenvalue weighted by molar-refractivity contribution is 6.31. The highest BCUT2D eigenvalue weighted by Gasteiger charge is 2.36. The number of rotatable bonds is 4. The molecule has 0 atom stereocenters. The van der Waals surface area contributed by atoms with Crippen LogP contribution in [0.4, 0.5) is 0 Å². The van der Waals surface area contributed by atoms with Gasteiger partial charge in [-0.15, -0.1) is 0 Å². The van der Waals surface area contributed by atoms with Gasteiger partial charge in [0, 0.05) is 17.8 Å². The lowest BCUT2D eigenvalue weighted by Gasteiger charge is -2.34. The van der Waals surface area contributed by atoms with E-state index in [1.54, 1.807) is 18.2 Å². The molecule has 2 aliphatic rings. The largest absolute Gasteiger partial charge is 0.490 e. The van der Waals surface area contributed by atoms with Gasteiger partial charge in [0.15, 0.2) is 0 Å². The van der Waals surface area contributed by atoms with Gasteiger partial charge in [0.05, 0.1) is 34.5 Å². The zero-order valence-electron chi connectivity index (χ0n) is 16.7. The summed E-state index contributed by atoms with van der Waals surface area (Å²) in [7, 11) is 0. The molecule has 4 rings (SSSR count). The number of carbonyl (C=O) groups excluding carboxylic acids is 1. The van der Waals surface area contributed by atoms with E-state index >= 15 is 0 Å². The van der Waals surface area contributed by atoms with E-state index in [1.165, 1.54) is 0 Å². The summed E-state index contributed by atoms with van der Waals surface area (Å²) in [6.45, 7) is 4.84. The molecule has 1 fully saturated rings. The first-order chi connectivity index (χ1) is 14.0. The zero-order valence-corrected chi connectivity index (χ0v) is 17.4. The summed E-state index contributed by atoms with van der Waals surface area (Å²) in [6, 6.07) is 11.4. The maximum Gasteiger partial charge on any atom is 0.256 e. The van der Waals surface area contributed by atoms with Gasteiger partial charge in [-0.1, -0.05) is 25.4 Å². The van der Waals surface area contributed by atoms with Crippen molar-refractivity contribution >= 4 is 17.5 Å². The Kier molecular flexibility index (Phi) is 5.47. The van der Waals surface area contributed by atoms with E-state index in [1.807, 2.05) is 17.0 Å². The van der Waals surface area contributed by atoms with Crippen LogP contribution in [0.1, 0.15) is 72.8 Å². The lowest BCUT2D eigenvalue weighted by molar-refractivity contribution is 0.0560. The molecule has 1 amide bonds. The molecule has 150 valence electrons. The van der Waals surface area contributed by atoms with Crippen molar-refractivity contribution in [3.63, 3.8) is 0 Å². The third kappa shape index (κ3) is 3.95. The van der Waals surface area contributed by atoms with Gasteiger partial charge in [-0.05, 0) is 55.9 Å². The van der Waals surface area contributed by atoms with Crippen LogP contribution in [0.3, 0.4) is 0 Å². The Hall–Kier alpha value is -2.58. The molecule has 6 heteroatoms. The van der Waals surface area contributed by atoms with Gasteiger partial charge in [-0.3, -0.25) is 9.78 Å². The van der Waals surface area contributed by atoms with Gasteiger partial charge < -0.3 is 9.64 Å². The molecule has 1 aromatic heterocycles. The Bertz CT molecular complexity index is 975. The van der Waals surface area contributed by atoms with Crippen molar-refractivity contribution in [3.8, 4) is 11.8 Å². The molecular formula is C23H24ClN3O2. The Labute approximate surface area is 176 Å². The minimum atomic E-state index is 0.0981. The van der Waals surface area contributed by atoms with Gasteiger partial charge in [0.1, 0.15) is 11.8 Å². The highest BCUT2D eigenvalue weighted by atomic mass is 35.5. The van der Waals surface area contributed by atoms with Crippen LogP contribution in [0.25, 0.3) is 0 Å². The van der Waals surface area contributed by atoms with Crippen molar-refractivity contribution < 1.29 is 9.53 Å². The normalized spacial score (nSPS) is 21.2. The lowest BCUT2D eigenvalue weighted by Crippen LogP contribution is -2.40. The van der Waals surface area contributed by atoms with Crippen molar-refractivity contribution in [1.82, 2.24) is 9.88 Å². The molecular weight excluding hydrogens is 386 g/mol. The second-order valence-corrected chi connectivity index (χ2v) is 8.53. The number of hydrogen-bond donors (Lipinski definition) is 0. The van der Waals surface area contributed by atoms with E-state index in [9.17, 15) is 4.79 Å². The number of hydrogen-bond acceptors (Lipinski definition) is 4. The maximum absolute atomic E-state index is 12.9. The molecule has 2 aromatic rings. The van der Waals surface area contributed by atoms with Gasteiger partial charge in [0.2, 0.25) is 0 Å². The number of halogens is 1. The van der Waals surface area contributed by atoms with E-state index in [4.69, 9.17) is 26.6 Å². The van der Waals surface area contributed by atoms with Crippen LogP contribution in [0.2, 0.25) is 5.02 Å². The SMILES string of the molecule is CC(C)c1ccc2c(n1)CN(C1CCC(Oc3ccc(C#N)c(Cl)c3)CC1)C2=O. The monoisotopic (exact) mass is 409 g/mol. The van der Waals surface area contributed by atoms with Crippen molar-refractivity contribution in [2.75, 3.05) is 0 Å². The number of fused-ring (bicyclic) bond motifs is 1. The summed E-state index contributed by atoms with van der Waals surface area (Å²) in [5.41, 5.74) is 3.15. The smallest absolute Gasteiger partial charge is 0.256 e. The molecule has 1 aliphatic heterocycles. The average Bonchev–Trinajstić information content (AvgIpc) is 3.05. The summed E-state index contributed by atoms with van der Waals surface area (Å²) in [4.78, 5) is 19.6. The fourth-order valence-electron chi connectivity index (χ4n) is 4.16. The van der Waals surface area contributed by atoms with Crippen LogP contribution in [-0.4, -0.2) is 27.9 Å². The predicted octanol–water partition coefficient (Wildman–Crippen LogP) is 5.08. The fourth-order valence-corrected chi connectivity index (χ4v) is 4.38. The van der Waals surface area contributed by atoms with Crippen LogP contribution >= 0.6 is 11.6 Å². The predicted molar refractivity (Wildman–Crippen MR) is 111 cm³/mol. The third-order valence-electron chi connectivity index (χ3n) is 5.85. The second-order valence-electron chi connectivity index (χ2n) is 8.12. The third-order valence-corrected chi connectivity index (χ3v) is 6.16. The number of carbonyl (C=O) groups is 1. The molecule has 0 spiro atoms. The van der Waals surface area contributed by atoms with Crippen LogP contribution in [0.5, 0.6) is 5.75 Å². The molecule has 0 N–H and O–H groups in total. The van der Waals surface area contributed by atoms with Crippen molar-refractivity contribution in [2.24, 2.45) is 0 Å². The minimum Gasteiger partial charge on any atom is -0.490 e. The number of ether oxygens (including phenoxy) is 1. The minimum absolute atomic E-state index is 0.0981. The van der Waals surface area contributed by atoms with Crippen molar-refractivity contribution in [2.45, 2.75) is 64.1 Å². The number of benzene rings is 1. The molecule has 0 bridgehead atoms. The van der Waals surface area contributed by atoms with Gasteiger partial charge >= 0.3 is 0 Å². The van der Waals surface area contributed by atoms with Crippen LogP contribution in [0, 0.1) is 11.3 Å². The van der Waals surface area contributed by atoms with Crippen LogP contribution in [-0.2, 0) is 6.54 Å². The van der Waals surface area contributed by atoms with E-state index < -0.39 is 0 Å². The van der Waals surface area contributed by atoms with Crippen LogP contribution in [0.15, 0.2) is 30.3 Å². The van der Waals surface area contributed by atoms with E-state index in [-0.39, 0.29) is 18.1 Å². The number of nitrogens with zero attached hydrogens (tertiary/aromatic N) is 3. The first-order valence-electron chi connectivity index (χ1n) is 10.1. The fraction of sp³-hybridized carbons (Fsp3) is 0.435. The quantitative estimate of drug-likeness (QED) is 0.706.